The summed E-state index contributed by atoms with van der Waals surface area (Å²) in [6, 6.07) is 8.12. The molecule has 1 aliphatic heterocycles. The van der Waals surface area contributed by atoms with Crippen molar-refractivity contribution in [2.24, 2.45) is 0 Å². The zero-order valence-electron chi connectivity index (χ0n) is 15.7. The summed E-state index contributed by atoms with van der Waals surface area (Å²) < 4.78 is 13.3. The molecule has 1 aliphatic carbocycles. The Hall–Kier alpha value is -2.55. The largest absolute Gasteiger partial charge is 0.497 e. The van der Waals surface area contributed by atoms with Gasteiger partial charge >= 0.3 is 0 Å². The van der Waals surface area contributed by atoms with Crippen LogP contribution in [0, 0.1) is 0 Å². The van der Waals surface area contributed by atoms with Crippen LogP contribution < -0.4 is 9.64 Å². The molecule has 9 heteroatoms. The average Bonchev–Trinajstić information content (AvgIpc) is 3.16. The Morgan fingerprint density at radius 3 is 2.57 bits per heavy atom. The summed E-state index contributed by atoms with van der Waals surface area (Å²) in [5.74, 6) is 3.50. The Balaban J connectivity index is 1.29. The van der Waals surface area contributed by atoms with Gasteiger partial charge in [0.25, 0.3) is 0 Å². The second-order valence-electron chi connectivity index (χ2n) is 7.10. The highest BCUT2D eigenvalue weighted by Gasteiger charge is 2.32. The van der Waals surface area contributed by atoms with Crippen LogP contribution >= 0.6 is 11.8 Å². The molecule has 0 bridgehead atoms. The maximum atomic E-state index is 5.84. The Morgan fingerprint density at radius 2 is 1.86 bits per heavy atom. The molecule has 146 valence electrons. The van der Waals surface area contributed by atoms with Gasteiger partial charge in [-0.1, -0.05) is 11.8 Å². The van der Waals surface area contributed by atoms with Gasteiger partial charge in [-0.05, 0) is 49.9 Å². The number of hydrogen-bond donors (Lipinski definition) is 0. The molecule has 1 saturated carbocycles. The molecule has 5 rings (SSSR count). The first-order chi connectivity index (χ1) is 13.8. The molecule has 2 fully saturated rings. The number of ether oxygens (including phenoxy) is 1. The highest BCUT2D eigenvalue weighted by atomic mass is 32.2. The number of nitrogens with zero attached hydrogens (tertiary/aromatic N) is 6. The molecule has 3 heterocycles. The maximum absolute atomic E-state index is 5.84. The van der Waals surface area contributed by atoms with Crippen molar-refractivity contribution in [3.05, 3.63) is 30.2 Å². The first-order valence-corrected chi connectivity index (χ1v) is 10.6. The van der Waals surface area contributed by atoms with E-state index in [1.807, 2.05) is 24.3 Å². The molecular formula is C19H22N6O2S. The van der Waals surface area contributed by atoms with Crippen LogP contribution in [-0.4, -0.2) is 45.2 Å². The highest BCUT2D eigenvalue weighted by Crippen LogP contribution is 2.41. The van der Waals surface area contributed by atoms with Crippen molar-refractivity contribution in [1.82, 2.24) is 25.0 Å². The van der Waals surface area contributed by atoms with Crippen molar-refractivity contribution in [2.75, 3.05) is 25.1 Å². The van der Waals surface area contributed by atoms with Gasteiger partial charge < -0.3 is 14.1 Å². The van der Waals surface area contributed by atoms with Crippen LogP contribution in [0.4, 0.5) is 5.95 Å². The van der Waals surface area contributed by atoms with Crippen molar-refractivity contribution < 1.29 is 9.15 Å². The number of thioether (sulfide) groups is 1. The predicted molar refractivity (Wildman–Crippen MR) is 106 cm³/mol. The van der Waals surface area contributed by atoms with Gasteiger partial charge in [0.1, 0.15) is 5.75 Å². The van der Waals surface area contributed by atoms with Gasteiger partial charge in [-0.25, -0.2) is 0 Å². The molecule has 2 aromatic heterocycles. The topological polar surface area (TPSA) is 82.1 Å². The molecule has 0 spiro atoms. The van der Waals surface area contributed by atoms with Crippen LogP contribution in [-0.2, 0) is 5.75 Å². The predicted octanol–water partition coefficient (Wildman–Crippen LogP) is 3.56. The summed E-state index contributed by atoms with van der Waals surface area (Å²) in [6.45, 7) is 2.15. The van der Waals surface area contributed by atoms with Crippen molar-refractivity contribution in [1.29, 1.82) is 0 Å². The number of aromatic nitrogens is 5. The van der Waals surface area contributed by atoms with E-state index in [0.717, 1.165) is 35.5 Å². The number of anilines is 1. The minimum absolute atomic E-state index is 0.514. The second-order valence-corrected chi connectivity index (χ2v) is 8.04. The van der Waals surface area contributed by atoms with Crippen LogP contribution in [0.2, 0.25) is 0 Å². The quantitative estimate of drug-likeness (QED) is 0.559. The zero-order valence-corrected chi connectivity index (χ0v) is 16.6. The molecule has 0 amide bonds. The third kappa shape index (κ3) is 3.46. The van der Waals surface area contributed by atoms with Gasteiger partial charge in [0, 0.05) is 24.7 Å². The van der Waals surface area contributed by atoms with Gasteiger partial charge in [0.05, 0.1) is 12.9 Å². The minimum atomic E-state index is 0.514. The van der Waals surface area contributed by atoms with E-state index >= 15 is 0 Å². The van der Waals surface area contributed by atoms with Crippen molar-refractivity contribution in [3.8, 4) is 17.2 Å². The van der Waals surface area contributed by atoms with E-state index in [-0.39, 0.29) is 0 Å². The molecule has 0 atom stereocenters. The lowest BCUT2D eigenvalue weighted by molar-refractivity contribution is 0.415. The van der Waals surface area contributed by atoms with Gasteiger partial charge in [0.15, 0.2) is 5.16 Å². The van der Waals surface area contributed by atoms with E-state index in [1.165, 1.54) is 25.7 Å². The number of benzene rings is 1. The van der Waals surface area contributed by atoms with Crippen LogP contribution in [0.25, 0.3) is 11.5 Å². The smallest absolute Gasteiger partial charge is 0.247 e. The fourth-order valence-electron chi connectivity index (χ4n) is 3.44. The van der Waals surface area contributed by atoms with E-state index < -0.39 is 0 Å². The Kier molecular flexibility index (Phi) is 4.67. The average molecular weight is 398 g/mol. The molecular weight excluding hydrogens is 376 g/mol. The molecule has 0 unspecified atom stereocenters. The van der Waals surface area contributed by atoms with Crippen molar-refractivity contribution in [2.45, 2.75) is 42.6 Å². The first-order valence-electron chi connectivity index (χ1n) is 9.61. The Morgan fingerprint density at radius 1 is 1.07 bits per heavy atom. The standard InChI is InChI=1S/C19H22N6O2S/c1-26-15-8-4-13(5-9-15)17-21-20-16(27-17)12-28-19-23-22-18(24-10-2-3-11-24)25(19)14-6-7-14/h4-5,8-9,14H,2-3,6-7,10-12H2,1H3. The summed E-state index contributed by atoms with van der Waals surface area (Å²) in [7, 11) is 1.65. The Bertz CT molecular complexity index is 944. The minimum Gasteiger partial charge on any atom is -0.497 e. The fraction of sp³-hybridized carbons (Fsp3) is 0.474. The fourth-order valence-corrected chi connectivity index (χ4v) is 4.28. The van der Waals surface area contributed by atoms with Gasteiger partial charge in [-0.15, -0.1) is 20.4 Å². The lowest BCUT2D eigenvalue weighted by Crippen LogP contribution is -2.22. The van der Waals surface area contributed by atoms with Crippen LogP contribution in [0.5, 0.6) is 5.75 Å². The monoisotopic (exact) mass is 398 g/mol. The second kappa shape index (κ2) is 7.46. The van der Waals surface area contributed by atoms with Gasteiger partial charge in [-0.3, -0.25) is 4.57 Å². The van der Waals surface area contributed by atoms with E-state index in [2.05, 4.69) is 29.9 Å². The molecule has 1 saturated heterocycles. The summed E-state index contributed by atoms with van der Waals surface area (Å²) in [4.78, 5) is 2.35. The van der Waals surface area contributed by atoms with E-state index in [4.69, 9.17) is 9.15 Å². The molecule has 2 aliphatic rings. The van der Waals surface area contributed by atoms with Crippen molar-refractivity contribution >= 4 is 17.7 Å². The van der Waals surface area contributed by atoms with E-state index in [1.54, 1.807) is 18.9 Å². The van der Waals surface area contributed by atoms with Crippen molar-refractivity contribution in [3.63, 3.8) is 0 Å². The highest BCUT2D eigenvalue weighted by molar-refractivity contribution is 7.98. The van der Waals surface area contributed by atoms with E-state index in [9.17, 15) is 0 Å². The zero-order chi connectivity index (χ0) is 18.9. The van der Waals surface area contributed by atoms with Gasteiger partial charge in [0.2, 0.25) is 17.7 Å². The number of hydrogen-bond acceptors (Lipinski definition) is 8. The third-order valence-electron chi connectivity index (χ3n) is 5.08. The summed E-state index contributed by atoms with van der Waals surface area (Å²) in [5, 5.41) is 18.2. The lowest BCUT2D eigenvalue weighted by atomic mass is 10.2. The molecule has 3 aromatic rings. The Labute approximate surface area is 167 Å². The lowest BCUT2D eigenvalue weighted by Gasteiger charge is -2.17. The normalized spacial score (nSPS) is 16.7. The SMILES string of the molecule is COc1ccc(-c2nnc(CSc3nnc(N4CCCC4)n3C3CC3)o2)cc1. The van der Waals surface area contributed by atoms with Crippen LogP contribution in [0.15, 0.2) is 33.8 Å². The number of methoxy groups -OCH3 is 1. The molecule has 1 aromatic carbocycles. The molecule has 28 heavy (non-hydrogen) atoms. The van der Waals surface area contributed by atoms with E-state index in [0.29, 0.717) is 23.6 Å². The molecule has 0 N–H and O–H groups in total. The summed E-state index contributed by atoms with van der Waals surface area (Å²) in [6.07, 6.45) is 4.87. The summed E-state index contributed by atoms with van der Waals surface area (Å²) in [5.41, 5.74) is 0.877. The summed E-state index contributed by atoms with van der Waals surface area (Å²) >= 11 is 1.61. The molecule has 8 nitrogen and oxygen atoms in total. The maximum Gasteiger partial charge on any atom is 0.247 e. The molecule has 0 radical (unpaired) electrons. The third-order valence-corrected chi connectivity index (χ3v) is 6.00. The first kappa shape index (κ1) is 17.5. The van der Waals surface area contributed by atoms with Gasteiger partial charge in [-0.2, -0.15) is 0 Å². The number of rotatable bonds is 7. The van der Waals surface area contributed by atoms with Crippen LogP contribution in [0.1, 0.15) is 37.6 Å². The van der Waals surface area contributed by atoms with Crippen LogP contribution in [0.3, 0.4) is 0 Å².